The molecule has 3 rings (SSSR count). The van der Waals surface area contributed by atoms with E-state index in [2.05, 4.69) is 21.4 Å². The number of anilines is 2. The van der Waals surface area contributed by atoms with Gasteiger partial charge in [0, 0.05) is 16.3 Å². The quantitative estimate of drug-likeness (QED) is 0.676. The topological polar surface area (TPSA) is 66.7 Å². The maximum Gasteiger partial charge on any atom is 0.104 e. The molecule has 3 aromatic rings. The molecule has 0 unspecified atom stereocenters. The molecule has 4 nitrogen and oxygen atoms in total. The van der Waals surface area contributed by atoms with E-state index >= 15 is 0 Å². The zero-order chi connectivity index (χ0) is 12.5. The minimum absolute atomic E-state index is 0.752. The monoisotopic (exact) mass is 258 g/mol. The molecule has 2 heterocycles. The predicted octanol–water partition coefficient (Wildman–Crippen LogP) is 3.13. The van der Waals surface area contributed by atoms with E-state index in [1.54, 1.807) is 11.3 Å². The fourth-order valence-electron chi connectivity index (χ4n) is 1.92. The lowest BCUT2D eigenvalue weighted by Crippen LogP contribution is -1.99. The molecule has 0 bridgehead atoms. The second-order valence-electron chi connectivity index (χ2n) is 4.21. The molecule has 0 aliphatic heterocycles. The van der Waals surface area contributed by atoms with Gasteiger partial charge in [-0.15, -0.1) is 11.3 Å². The van der Waals surface area contributed by atoms with Crippen LogP contribution in [0.4, 0.5) is 11.4 Å². The molecular weight excluding hydrogens is 244 g/mol. The zero-order valence-electron chi connectivity index (χ0n) is 10.0. The van der Waals surface area contributed by atoms with Gasteiger partial charge in [-0.2, -0.15) is 0 Å². The third-order valence-electron chi connectivity index (χ3n) is 2.83. The molecule has 0 radical (unpaired) electrons. The number of H-pyrrole nitrogens is 1. The summed E-state index contributed by atoms with van der Waals surface area (Å²) in [6.45, 7) is 2.71. The van der Waals surface area contributed by atoms with Gasteiger partial charge in [0.2, 0.25) is 0 Å². The first kappa shape index (κ1) is 11.1. The number of nitrogens with one attached hydrogen (secondary N) is 2. The molecule has 0 amide bonds. The lowest BCUT2D eigenvalue weighted by atomic mass is 10.2. The number of benzene rings is 1. The number of fused-ring (bicyclic) bond motifs is 1. The lowest BCUT2D eigenvalue weighted by molar-refractivity contribution is 1.17. The molecule has 2 aromatic heterocycles. The van der Waals surface area contributed by atoms with Gasteiger partial charge in [0.1, 0.15) is 5.82 Å². The largest absolute Gasteiger partial charge is 0.398 e. The number of aryl methyl sites for hydroxylation is 1. The highest BCUT2D eigenvalue weighted by Gasteiger charge is 2.03. The first-order valence-corrected chi connectivity index (χ1v) is 6.62. The molecule has 4 N–H and O–H groups in total. The van der Waals surface area contributed by atoms with Crippen LogP contribution in [0, 0.1) is 6.92 Å². The fraction of sp³-hybridized carbons (Fsp3) is 0.154. The van der Waals surface area contributed by atoms with E-state index in [-0.39, 0.29) is 0 Å². The Labute approximate surface area is 109 Å². The van der Waals surface area contributed by atoms with Crippen LogP contribution < -0.4 is 11.1 Å². The summed E-state index contributed by atoms with van der Waals surface area (Å²) in [6.07, 6.45) is 0. The normalized spacial score (nSPS) is 10.9. The molecule has 0 atom stereocenters. The summed E-state index contributed by atoms with van der Waals surface area (Å²) in [5.74, 6) is 0.935. The van der Waals surface area contributed by atoms with Gasteiger partial charge < -0.3 is 16.0 Å². The van der Waals surface area contributed by atoms with Crippen LogP contribution in [0.1, 0.15) is 10.7 Å². The number of hydrogen-bond acceptors (Lipinski definition) is 4. The third kappa shape index (κ3) is 2.04. The van der Waals surface area contributed by atoms with Crippen LogP contribution in [0.5, 0.6) is 0 Å². The van der Waals surface area contributed by atoms with Crippen LogP contribution >= 0.6 is 11.3 Å². The molecule has 0 fully saturated rings. The second kappa shape index (κ2) is 4.34. The van der Waals surface area contributed by atoms with Crippen molar-refractivity contribution >= 4 is 33.7 Å². The fourth-order valence-corrected chi connectivity index (χ4v) is 2.66. The Morgan fingerprint density at radius 1 is 1.39 bits per heavy atom. The number of aromatic amines is 1. The van der Waals surface area contributed by atoms with Crippen molar-refractivity contribution < 1.29 is 0 Å². The highest BCUT2D eigenvalue weighted by Crippen LogP contribution is 2.22. The van der Waals surface area contributed by atoms with E-state index in [1.165, 1.54) is 0 Å². The maximum atomic E-state index is 5.85. The number of aromatic nitrogens is 2. The highest BCUT2D eigenvalue weighted by molar-refractivity contribution is 7.10. The van der Waals surface area contributed by atoms with E-state index in [4.69, 9.17) is 5.73 Å². The first-order valence-electron chi connectivity index (χ1n) is 5.74. The summed E-state index contributed by atoms with van der Waals surface area (Å²) in [5.41, 5.74) is 9.82. The van der Waals surface area contributed by atoms with Gasteiger partial charge in [0.25, 0.3) is 0 Å². The predicted molar refractivity (Wildman–Crippen MR) is 76.9 cm³/mol. The van der Waals surface area contributed by atoms with Crippen molar-refractivity contribution in [3.63, 3.8) is 0 Å². The Balaban J connectivity index is 1.80. The molecule has 0 aliphatic carbocycles. The molecule has 5 heteroatoms. The number of thiophene rings is 1. The average molecular weight is 258 g/mol. The van der Waals surface area contributed by atoms with Crippen LogP contribution in [0.25, 0.3) is 11.0 Å². The van der Waals surface area contributed by atoms with E-state index in [0.29, 0.717) is 0 Å². The van der Waals surface area contributed by atoms with Gasteiger partial charge >= 0.3 is 0 Å². The van der Waals surface area contributed by atoms with Crippen molar-refractivity contribution in [3.05, 3.63) is 40.3 Å². The molecule has 0 spiro atoms. The maximum absolute atomic E-state index is 5.85. The minimum atomic E-state index is 0.752. The van der Waals surface area contributed by atoms with Gasteiger partial charge in [-0.1, -0.05) is 0 Å². The average Bonchev–Trinajstić information content (AvgIpc) is 2.90. The summed E-state index contributed by atoms with van der Waals surface area (Å²) in [4.78, 5) is 8.77. The van der Waals surface area contributed by atoms with E-state index in [1.807, 2.05) is 30.5 Å². The number of nitrogens with zero attached hydrogens (tertiary/aromatic N) is 1. The van der Waals surface area contributed by atoms with Crippen molar-refractivity contribution in [1.82, 2.24) is 9.97 Å². The summed E-state index contributed by atoms with van der Waals surface area (Å²) in [6, 6.07) is 8.05. The summed E-state index contributed by atoms with van der Waals surface area (Å²) >= 11 is 1.67. The smallest absolute Gasteiger partial charge is 0.104 e. The number of nitrogen functional groups attached to an aromatic ring is 1. The van der Waals surface area contributed by atoms with Gasteiger partial charge in [-0.05, 0) is 36.6 Å². The molecular formula is C13H14N4S. The van der Waals surface area contributed by atoms with Crippen LogP contribution in [0.2, 0.25) is 0 Å². The Hall–Kier alpha value is -2.01. The Bertz CT molecular complexity index is 683. The van der Waals surface area contributed by atoms with Crippen molar-refractivity contribution in [3.8, 4) is 0 Å². The van der Waals surface area contributed by atoms with Crippen molar-refractivity contribution in [2.24, 2.45) is 0 Å². The molecule has 92 valence electrons. The molecule has 1 aromatic carbocycles. The first-order chi connectivity index (χ1) is 8.72. The van der Waals surface area contributed by atoms with Crippen molar-refractivity contribution in [2.75, 3.05) is 11.1 Å². The minimum Gasteiger partial charge on any atom is -0.398 e. The standard InChI is InChI=1S/C13H14N4S/c1-8-16-11-3-2-9(6-12(11)17-8)15-7-13-10(14)4-5-18-13/h2-6,15H,7,14H2,1H3,(H,16,17). The Morgan fingerprint density at radius 2 is 2.28 bits per heavy atom. The third-order valence-corrected chi connectivity index (χ3v) is 3.77. The van der Waals surface area contributed by atoms with Gasteiger partial charge in [-0.25, -0.2) is 4.98 Å². The summed E-state index contributed by atoms with van der Waals surface area (Å²) in [7, 11) is 0. The van der Waals surface area contributed by atoms with Gasteiger partial charge in [-0.3, -0.25) is 0 Å². The van der Waals surface area contributed by atoms with Crippen LogP contribution in [-0.2, 0) is 6.54 Å². The van der Waals surface area contributed by atoms with E-state index in [9.17, 15) is 0 Å². The van der Waals surface area contributed by atoms with E-state index in [0.717, 1.165) is 39.7 Å². The van der Waals surface area contributed by atoms with Crippen molar-refractivity contribution in [1.29, 1.82) is 0 Å². The number of nitrogens with two attached hydrogens (primary N) is 1. The van der Waals surface area contributed by atoms with Crippen LogP contribution in [-0.4, -0.2) is 9.97 Å². The number of imidazole rings is 1. The SMILES string of the molecule is Cc1nc2ccc(NCc3sccc3N)cc2[nH]1. The molecule has 0 aliphatic rings. The molecule has 18 heavy (non-hydrogen) atoms. The molecule has 0 saturated heterocycles. The van der Waals surface area contributed by atoms with E-state index < -0.39 is 0 Å². The Morgan fingerprint density at radius 3 is 3.06 bits per heavy atom. The summed E-state index contributed by atoms with van der Waals surface area (Å²) in [5, 5.41) is 5.38. The van der Waals surface area contributed by atoms with Crippen molar-refractivity contribution in [2.45, 2.75) is 13.5 Å². The number of rotatable bonds is 3. The number of hydrogen-bond donors (Lipinski definition) is 3. The Kier molecular flexibility index (Phi) is 2.68. The summed E-state index contributed by atoms with van der Waals surface area (Å²) < 4.78 is 0. The van der Waals surface area contributed by atoms with Gasteiger partial charge in [0.15, 0.2) is 0 Å². The van der Waals surface area contributed by atoms with Crippen LogP contribution in [0.15, 0.2) is 29.6 Å². The highest BCUT2D eigenvalue weighted by atomic mass is 32.1. The van der Waals surface area contributed by atoms with Gasteiger partial charge in [0.05, 0.1) is 17.6 Å². The molecule has 0 saturated carbocycles. The second-order valence-corrected chi connectivity index (χ2v) is 5.21. The zero-order valence-corrected chi connectivity index (χ0v) is 10.8. The lowest BCUT2D eigenvalue weighted by Gasteiger charge is -2.05. The van der Waals surface area contributed by atoms with Crippen LogP contribution in [0.3, 0.4) is 0 Å².